The zero-order valence-corrected chi connectivity index (χ0v) is 11.5. The lowest BCUT2D eigenvalue weighted by Gasteiger charge is -2.07. The van der Waals surface area contributed by atoms with Gasteiger partial charge < -0.3 is 11.1 Å². The molecule has 0 aliphatic rings. The van der Waals surface area contributed by atoms with Crippen molar-refractivity contribution >= 4 is 40.1 Å². The number of amides is 1. The maximum Gasteiger partial charge on any atom is 0.229 e. The van der Waals surface area contributed by atoms with Crippen molar-refractivity contribution in [3.05, 3.63) is 52.0 Å². The van der Waals surface area contributed by atoms with Gasteiger partial charge in [-0.1, -0.05) is 18.3 Å². The molecule has 1 aromatic carbocycles. The number of rotatable bonds is 4. The van der Waals surface area contributed by atoms with Crippen LogP contribution in [0, 0.1) is 5.82 Å². The van der Waals surface area contributed by atoms with Crippen LogP contribution in [0.1, 0.15) is 10.4 Å². The average molecular weight is 294 g/mol. The van der Waals surface area contributed by atoms with Crippen LogP contribution in [0.5, 0.6) is 0 Å². The molecule has 0 spiro atoms. The topological polar surface area (TPSA) is 55.1 Å². The molecule has 0 saturated heterocycles. The van der Waals surface area contributed by atoms with Gasteiger partial charge in [0.2, 0.25) is 5.91 Å². The minimum Gasteiger partial charge on any atom is -0.389 e. The first-order valence-electron chi connectivity index (χ1n) is 5.48. The second-order valence-electron chi connectivity index (χ2n) is 3.86. The van der Waals surface area contributed by atoms with Crippen molar-refractivity contribution in [1.29, 1.82) is 0 Å². The van der Waals surface area contributed by atoms with Gasteiger partial charge in [0, 0.05) is 10.4 Å². The van der Waals surface area contributed by atoms with E-state index in [-0.39, 0.29) is 23.0 Å². The third kappa shape index (κ3) is 3.59. The van der Waals surface area contributed by atoms with Crippen molar-refractivity contribution in [2.24, 2.45) is 5.73 Å². The zero-order chi connectivity index (χ0) is 13.8. The highest BCUT2D eigenvalue weighted by molar-refractivity contribution is 7.80. The number of nitrogens with two attached hydrogens (primary N) is 1. The molecule has 0 bridgehead atoms. The summed E-state index contributed by atoms with van der Waals surface area (Å²) in [5.41, 5.74) is 5.96. The molecular weight excluding hydrogens is 283 g/mol. The van der Waals surface area contributed by atoms with E-state index in [0.29, 0.717) is 5.56 Å². The molecule has 0 radical (unpaired) electrons. The van der Waals surface area contributed by atoms with Crippen LogP contribution in [0.25, 0.3) is 0 Å². The van der Waals surface area contributed by atoms with Crippen LogP contribution in [-0.2, 0) is 11.2 Å². The predicted molar refractivity (Wildman–Crippen MR) is 78.9 cm³/mol. The number of carbonyl (C=O) groups is 1. The average Bonchev–Trinajstić information content (AvgIpc) is 2.84. The maximum absolute atomic E-state index is 13.7. The molecule has 0 aliphatic carbocycles. The van der Waals surface area contributed by atoms with E-state index >= 15 is 0 Å². The lowest BCUT2D eigenvalue weighted by molar-refractivity contribution is -0.115. The van der Waals surface area contributed by atoms with Crippen LogP contribution in [0.2, 0.25) is 0 Å². The molecule has 0 fully saturated rings. The summed E-state index contributed by atoms with van der Waals surface area (Å²) in [5.74, 6) is -0.811. The predicted octanol–water partition coefficient (Wildman–Crippen LogP) is 2.70. The van der Waals surface area contributed by atoms with Crippen LogP contribution in [0.4, 0.5) is 10.1 Å². The van der Waals surface area contributed by atoms with E-state index in [0.717, 1.165) is 4.88 Å². The van der Waals surface area contributed by atoms with E-state index in [4.69, 9.17) is 18.0 Å². The van der Waals surface area contributed by atoms with Crippen molar-refractivity contribution < 1.29 is 9.18 Å². The second-order valence-corrected chi connectivity index (χ2v) is 5.34. The molecule has 0 unspecified atom stereocenters. The Kier molecular flexibility index (Phi) is 4.24. The second kappa shape index (κ2) is 5.90. The fourth-order valence-corrected chi connectivity index (χ4v) is 2.37. The standard InChI is InChI=1S/C13H11FN2OS2/c14-10-6-8(13(15)18)3-4-11(10)16-12(17)7-9-2-1-5-19-9/h1-6H,7H2,(H2,15,18)(H,16,17). The van der Waals surface area contributed by atoms with Gasteiger partial charge >= 0.3 is 0 Å². The molecule has 3 N–H and O–H groups in total. The minimum atomic E-state index is -0.551. The quantitative estimate of drug-likeness (QED) is 0.853. The van der Waals surface area contributed by atoms with E-state index in [1.165, 1.54) is 23.5 Å². The van der Waals surface area contributed by atoms with Crippen LogP contribution >= 0.6 is 23.6 Å². The van der Waals surface area contributed by atoms with Gasteiger partial charge in [0.25, 0.3) is 0 Å². The molecule has 2 rings (SSSR count). The number of anilines is 1. The number of hydrogen-bond donors (Lipinski definition) is 2. The molecule has 1 heterocycles. The van der Waals surface area contributed by atoms with Gasteiger partial charge in [-0.2, -0.15) is 0 Å². The lowest BCUT2D eigenvalue weighted by atomic mass is 10.2. The van der Waals surface area contributed by atoms with Crippen LogP contribution in [0.3, 0.4) is 0 Å². The van der Waals surface area contributed by atoms with Crippen molar-refractivity contribution in [2.45, 2.75) is 6.42 Å². The van der Waals surface area contributed by atoms with Gasteiger partial charge in [-0.05, 0) is 29.6 Å². The van der Waals surface area contributed by atoms with Gasteiger partial charge in [0.15, 0.2) is 0 Å². The van der Waals surface area contributed by atoms with Crippen molar-refractivity contribution in [3.8, 4) is 0 Å². The molecule has 0 aliphatic heterocycles. The van der Waals surface area contributed by atoms with Crippen LogP contribution in [0.15, 0.2) is 35.7 Å². The fourth-order valence-electron chi connectivity index (χ4n) is 1.54. The Morgan fingerprint density at radius 1 is 1.42 bits per heavy atom. The summed E-state index contributed by atoms with van der Waals surface area (Å²) in [6, 6.07) is 7.97. The largest absolute Gasteiger partial charge is 0.389 e. The molecule has 0 saturated carbocycles. The summed E-state index contributed by atoms with van der Waals surface area (Å²) in [4.78, 5) is 12.8. The first kappa shape index (κ1) is 13.6. The summed E-state index contributed by atoms with van der Waals surface area (Å²) >= 11 is 6.24. The molecule has 0 atom stereocenters. The highest BCUT2D eigenvalue weighted by Crippen LogP contribution is 2.17. The minimum absolute atomic E-state index is 0.121. The van der Waals surface area contributed by atoms with Crippen LogP contribution < -0.4 is 11.1 Å². The summed E-state index contributed by atoms with van der Waals surface area (Å²) in [6.07, 6.45) is 0.230. The normalized spacial score (nSPS) is 10.2. The molecular formula is C13H11FN2OS2. The number of hydrogen-bond acceptors (Lipinski definition) is 3. The van der Waals surface area contributed by atoms with Gasteiger partial charge in [-0.3, -0.25) is 4.79 Å². The van der Waals surface area contributed by atoms with Crippen molar-refractivity contribution in [2.75, 3.05) is 5.32 Å². The van der Waals surface area contributed by atoms with Gasteiger partial charge in [0.05, 0.1) is 12.1 Å². The van der Waals surface area contributed by atoms with Gasteiger partial charge in [-0.25, -0.2) is 4.39 Å². The van der Waals surface area contributed by atoms with Crippen molar-refractivity contribution in [1.82, 2.24) is 0 Å². The van der Waals surface area contributed by atoms with Crippen molar-refractivity contribution in [3.63, 3.8) is 0 Å². The highest BCUT2D eigenvalue weighted by atomic mass is 32.1. The first-order chi connectivity index (χ1) is 9.06. The fraction of sp³-hybridized carbons (Fsp3) is 0.0769. The summed E-state index contributed by atoms with van der Waals surface area (Å²) in [6.45, 7) is 0. The van der Waals surface area contributed by atoms with Gasteiger partial charge in [-0.15, -0.1) is 11.3 Å². The molecule has 1 aromatic heterocycles. The Bertz CT molecular complexity index is 611. The third-order valence-corrected chi connectivity index (χ3v) is 3.55. The molecule has 2 aromatic rings. The molecule has 3 nitrogen and oxygen atoms in total. The Morgan fingerprint density at radius 3 is 2.79 bits per heavy atom. The molecule has 19 heavy (non-hydrogen) atoms. The number of halogens is 1. The zero-order valence-electron chi connectivity index (χ0n) is 9.85. The smallest absolute Gasteiger partial charge is 0.229 e. The molecule has 6 heteroatoms. The monoisotopic (exact) mass is 294 g/mol. The van der Waals surface area contributed by atoms with E-state index in [1.54, 1.807) is 6.07 Å². The number of thiophene rings is 1. The lowest BCUT2D eigenvalue weighted by Crippen LogP contribution is -2.15. The Labute approximate surface area is 119 Å². The third-order valence-electron chi connectivity index (χ3n) is 2.44. The Balaban J connectivity index is 2.07. The van der Waals surface area contributed by atoms with E-state index in [2.05, 4.69) is 5.32 Å². The summed E-state index contributed by atoms with van der Waals surface area (Å²) < 4.78 is 13.7. The SMILES string of the molecule is NC(=S)c1ccc(NC(=O)Cc2cccs2)c(F)c1. The number of benzene rings is 1. The maximum atomic E-state index is 13.7. The number of nitrogens with one attached hydrogen (secondary N) is 1. The van der Waals surface area contributed by atoms with E-state index in [9.17, 15) is 9.18 Å². The summed E-state index contributed by atoms with van der Waals surface area (Å²) in [7, 11) is 0. The highest BCUT2D eigenvalue weighted by Gasteiger charge is 2.09. The summed E-state index contributed by atoms with van der Waals surface area (Å²) in [5, 5.41) is 4.41. The van der Waals surface area contributed by atoms with E-state index < -0.39 is 5.82 Å². The Morgan fingerprint density at radius 2 is 2.21 bits per heavy atom. The number of carbonyl (C=O) groups excluding carboxylic acids is 1. The Hall–Kier alpha value is -1.79. The van der Waals surface area contributed by atoms with E-state index in [1.807, 2.05) is 17.5 Å². The van der Waals surface area contributed by atoms with Crippen LogP contribution in [-0.4, -0.2) is 10.9 Å². The van der Waals surface area contributed by atoms with Gasteiger partial charge in [0.1, 0.15) is 10.8 Å². The first-order valence-corrected chi connectivity index (χ1v) is 6.76. The number of thiocarbonyl (C=S) groups is 1. The molecule has 98 valence electrons. The molecule has 1 amide bonds.